The molecule has 0 radical (unpaired) electrons. The summed E-state index contributed by atoms with van der Waals surface area (Å²) in [7, 11) is 0. The van der Waals surface area contributed by atoms with Crippen LogP contribution in [0, 0.1) is 10.1 Å². The van der Waals surface area contributed by atoms with Crippen molar-refractivity contribution in [1.29, 1.82) is 0 Å². The number of nitro groups is 1. The second kappa shape index (κ2) is 9.97. The number of amides is 1. The van der Waals surface area contributed by atoms with Crippen molar-refractivity contribution < 1.29 is 18.9 Å². The van der Waals surface area contributed by atoms with Crippen molar-refractivity contribution in [2.24, 2.45) is 0 Å². The lowest BCUT2D eigenvalue weighted by Crippen LogP contribution is -2.48. The lowest BCUT2D eigenvalue weighted by molar-refractivity contribution is -0.386. The van der Waals surface area contributed by atoms with E-state index in [9.17, 15) is 14.9 Å². The first-order valence-electron chi connectivity index (χ1n) is 10.2. The maximum atomic E-state index is 12.8. The lowest BCUT2D eigenvalue weighted by atomic mass is 10.2. The van der Waals surface area contributed by atoms with E-state index in [-0.39, 0.29) is 29.7 Å². The molecule has 1 aliphatic rings. The molecule has 1 amide bonds. The summed E-state index contributed by atoms with van der Waals surface area (Å²) >= 11 is 3.58. The van der Waals surface area contributed by atoms with E-state index in [1.165, 1.54) is 17.7 Å². The number of benzene rings is 2. The topological polar surface area (TPSA) is 89.1 Å². The third-order valence-corrected chi connectivity index (χ3v) is 6.09. The van der Waals surface area contributed by atoms with Gasteiger partial charge in [0.05, 0.1) is 4.92 Å². The summed E-state index contributed by atoms with van der Waals surface area (Å²) in [5.41, 5.74) is 1.11. The van der Waals surface area contributed by atoms with Crippen LogP contribution in [0.1, 0.15) is 21.9 Å². The van der Waals surface area contributed by atoms with Crippen molar-refractivity contribution in [3.63, 3.8) is 0 Å². The Morgan fingerprint density at radius 1 is 1.03 bits per heavy atom. The molecule has 0 saturated carbocycles. The van der Waals surface area contributed by atoms with Crippen LogP contribution in [0.15, 0.2) is 69.6 Å². The van der Waals surface area contributed by atoms with E-state index in [4.69, 9.17) is 9.15 Å². The van der Waals surface area contributed by atoms with Gasteiger partial charge in [0.2, 0.25) is 0 Å². The number of hydrogen-bond acceptors (Lipinski definition) is 6. The molecular weight excluding hydrogens is 478 g/mol. The van der Waals surface area contributed by atoms with Crippen molar-refractivity contribution in [3.8, 4) is 5.75 Å². The zero-order chi connectivity index (χ0) is 22.5. The highest BCUT2D eigenvalue weighted by molar-refractivity contribution is 9.10. The van der Waals surface area contributed by atoms with Gasteiger partial charge in [0.1, 0.15) is 12.4 Å². The number of piperazine rings is 1. The monoisotopic (exact) mass is 499 g/mol. The Hall–Kier alpha value is -3.17. The zero-order valence-electron chi connectivity index (χ0n) is 17.3. The molecule has 0 bridgehead atoms. The summed E-state index contributed by atoms with van der Waals surface area (Å²) in [6.07, 6.45) is 0. The maximum absolute atomic E-state index is 12.8. The predicted octanol–water partition coefficient (Wildman–Crippen LogP) is 4.49. The fourth-order valence-corrected chi connectivity index (χ4v) is 3.99. The summed E-state index contributed by atoms with van der Waals surface area (Å²) < 4.78 is 12.3. The standard InChI is InChI=1S/C23H22BrN3O5/c24-19-6-2-1-5-17(19)15-25-11-13-26(14-12-25)23(28)22-10-9-18(32-22)16-31-21-8-4-3-7-20(21)27(29)30/h1-10H,11-16H2. The third-order valence-electron chi connectivity index (χ3n) is 5.32. The van der Waals surface area contributed by atoms with Crippen LogP contribution in [0.25, 0.3) is 0 Å². The van der Waals surface area contributed by atoms with Gasteiger partial charge in [-0.15, -0.1) is 0 Å². The Balaban J connectivity index is 1.31. The van der Waals surface area contributed by atoms with Gasteiger partial charge in [-0.1, -0.05) is 46.3 Å². The second-order valence-corrected chi connectivity index (χ2v) is 8.29. The summed E-state index contributed by atoms with van der Waals surface area (Å²) in [4.78, 5) is 27.5. The van der Waals surface area contributed by atoms with E-state index in [1.54, 1.807) is 29.2 Å². The molecule has 32 heavy (non-hydrogen) atoms. The van der Waals surface area contributed by atoms with Gasteiger partial charge in [-0.25, -0.2) is 0 Å². The highest BCUT2D eigenvalue weighted by Gasteiger charge is 2.25. The minimum atomic E-state index is -0.497. The number of nitrogens with zero attached hydrogens (tertiary/aromatic N) is 3. The van der Waals surface area contributed by atoms with E-state index in [0.29, 0.717) is 18.8 Å². The lowest BCUT2D eigenvalue weighted by Gasteiger charge is -2.34. The number of halogens is 1. The molecule has 1 saturated heterocycles. The number of nitro benzene ring substituents is 1. The fraction of sp³-hybridized carbons (Fsp3) is 0.261. The van der Waals surface area contributed by atoms with Crippen molar-refractivity contribution in [2.75, 3.05) is 26.2 Å². The molecule has 9 heteroatoms. The van der Waals surface area contributed by atoms with E-state index in [2.05, 4.69) is 26.9 Å². The van der Waals surface area contributed by atoms with Crippen molar-refractivity contribution >= 4 is 27.5 Å². The first-order valence-corrected chi connectivity index (χ1v) is 11.0. The van der Waals surface area contributed by atoms with Crippen molar-refractivity contribution in [2.45, 2.75) is 13.2 Å². The van der Waals surface area contributed by atoms with Crippen LogP contribution in [0.4, 0.5) is 5.69 Å². The molecule has 1 aliphatic heterocycles. The zero-order valence-corrected chi connectivity index (χ0v) is 18.9. The third kappa shape index (κ3) is 5.17. The highest BCUT2D eigenvalue weighted by Crippen LogP contribution is 2.27. The minimum Gasteiger partial charge on any atom is -0.479 e. The molecule has 0 spiro atoms. The fourth-order valence-electron chi connectivity index (χ4n) is 3.58. The summed E-state index contributed by atoms with van der Waals surface area (Å²) in [5, 5.41) is 11.1. The van der Waals surface area contributed by atoms with Crippen LogP contribution in [0.5, 0.6) is 5.75 Å². The molecule has 4 rings (SSSR count). The van der Waals surface area contributed by atoms with E-state index < -0.39 is 4.92 Å². The van der Waals surface area contributed by atoms with Crippen LogP contribution in [-0.4, -0.2) is 46.8 Å². The number of ether oxygens (including phenoxy) is 1. The summed E-state index contributed by atoms with van der Waals surface area (Å²) in [6.45, 7) is 3.62. The SMILES string of the molecule is O=C(c1ccc(COc2ccccc2[N+](=O)[O-])o1)N1CCN(Cc2ccccc2Br)CC1. The molecule has 1 aromatic heterocycles. The van der Waals surface area contributed by atoms with Gasteiger partial charge in [-0.05, 0) is 29.8 Å². The number of hydrogen-bond donors (Lipinski definition) is 0. The van der Waals surface area contributed by atoms with Gasteiger partial charge in [0, 0.05) is 43.3 Å². The van der Waals surface area contributed by atoms with Gasteiger partial charge < -0.3 is 14.1 Å². The van der Waals surface area contributed by atoms with E-state index >= 15 is 0 Å². The number of para-hydroxylation sites is 2. The van der Waals surface area contributed by atoms with Crippen LogP contribution >= 0.6 is 15.9 Å². The van der Waals surface area contributed by atoms with Crippen molar-refractivity contribution in [3.05, 3.63) is 92.3 Å². The molecular formula is C23H22BrN3O5. The van der Waals surface area contributed by atoms with E-state index in [0.717, 1.165) is 24.1 Å². The summed E-state index contributed by atoms with van der Waals surface area (Å²) in [5.74, 6) is 0.662. The molecule has 2 heterocycles. The highest BCUT2D eigenvalue weighted by atomic mass is 79.9. The first kappa shape index (κ1) is 22.0. The van der Waals surface area contributed by atoms with Crippen LogP contribution in [0.3, 0.4) is 0 Å². The summed E-state index contributed by atoms with van der Waals surface area (Å²) in [6, 6.07) is 17.6. The van der Waals surface area contributed by atoms with Gasteiger partial charge in [0.25, 0.3) is 5.91 Å². The normalized spacial score (nSPS) is 14.3. The largest absolute Gasteiger partial charge is 0.479 e. The Labute approximate surface area is 193 Å². The number of furan rings is 1. The molecule has 0 atom stereocenters. The Morgan fingerprint density at radius 2 is 1.75 bits per heavy atom. The number of carbonyl (C=O) groups excluding carboxylic acids is 1. The Bertz CT molecular complexity index is 1110. The number of rotatable bonds is 7. The predicted molar refractivity (Wildman–Crippen MR) is 121 cm³/mol. The van der Waals surface area contributed by atoms with Gasteiger partial charge in [0.15, 0.2) is 11.5 Å². The van der Waals surface area contributed by atoms with Crippen molar-refractivity contribution in [1.82, 2.24) is 9.80 Å². The molecule has 1 fully saturated rings. The van der Waals surface area contributed by atoms with Gasteiger partial charge in [-0.2, -0.15) is 0 Å². The molecule has 0 unspecified atom stereocenters. The molecule has 166 valence electrons. The average Bonchev–Trinajstić information content (AvgIpc) is 3.28. The average molecular weight is 500 g/mol. The van der Waals surface area contributed by atoms with Crippen LogP contribution < -0.4 is 4.74 Å². The molecule has 8 nitrogen and oxygen atoms in total. The Morgan fingerprint density at radius 3 is 2.50 bits per heavy atom. The number of carbonyl (C=O) groups is 1. The minimum absolute atomic E-state index is 0.00212. The molecule has 0 N–H and O–H groups in total. The molecule has 2 aromatic carbocycles. The van der Waals surface area contributed by atoms with Gasteiger partial charge >= 0.3 is 5.69 Å². The quantitative estimate of drug-likeness (QED) is 0.351. The van der Waals surface area contributed by atoms with E-state index in [1.807, 2.05) is 18.2 Å². The first-order chi connectivity index (χ1) is 15.5. The molecule has 0 aliphatic carbocycles. The smallest absolute Gasteiger partial charge is 0.310 e. The van der Waals surface area contributed by atoms with Crippen LogP contribution in [0.2, 0.25) is 0 Å². The Kier molecular flexibility index (Phi) is 6.87. The van der Waals surface area contributed by atoms with Crippen LogP contribution in [-0.2, 0) is 13.2 Å². The van der Waals surface area contributed by atoms with Gasteiger partial charge in [-0.3, -0.25) is 19.8 Å². The molecule has 3 aromatic rings. The second-order valence-electron chi connectivity index (χ2n) is 7.44. The maximum Gasteiger partial charge on any atom is 0.310 e.